The van der Waals surface area contributed by atoms with Crippen molar-refractivity contribution >= 4 is 35.3 Å². The molecule has 6 nitrogen and oxygen atoms in total. The highest BCUT2D eigenvalue weighted by Crippen LogP contribution is 2.23. The lowest BCUT2D eigenvalue weighted by molar-refractivity contribution is 0.0955. The highest BCUT2D eigenvalue weighted by molar-refractivity contribution is 6.35. The van der Waals surface area contributed by atoms with Crippen molar-refractivity contribution in [2.45, 2.75) is 13.2 Å². The first kappa shape index (κ1) is 26.1. The Balaban J connectivity index is 1.31. The van der Waals surface area contributed by atoms with E-state index in [0.717, 1.165) is 22.4 Å². The second-order valence-corrected chi connectivity index (χ2v) is 8.77. The van der Waals surface area contributed by atoms with E-state index in [1.807, 2.05) is 54.6 Å². The normalized spacial score (nSPS) is 10.8. The van der Waals surface area contributed by atoms with Crippen LogP contribution < -0.4 is 19.6 Å². The first-order chi connectivity index (χ1) is 18.0. The Morgan fingerprint density at radius 3 is 2.46 bits per heavy atom. The number of hydrazone groups is 1. The zero-order valence-electron chi connectivity index (χ0n) is 20.0. The molecule has 0 aromatic heterocycles. The third-order valence-electron chi connectivity index (χ3n) is 5.34. The Hall–Kier alpha value is -4.00. The van der Waals surface area contributed by atoms with E-state index in [9.17, 15) is 4.79 Å². The summed E-state index contributed by atoms with van der Waals surface area (Å²) in [6, 6.07) is 27.1. The van der Waals surface area contributed by atoms with Gasteiger partial charge in [-0.15, -0.1) is 0 Å². The van der Waals surface area contributed by atoms with E-state index in [2.05, 4.69) is 10.5 Å². The lowest BCUT2D eigenvalue weighted by Gasteiger charge is -2.10. The van der Waals surface area contributed by atoms with Gasteiger partial charge < -0.3 is 14.2 Å². The summed E-state index contributed by atoms with van der Waals surface area (Å²) in [5.74, 6) is 1.67. The number of amides is 1. The van der Waals surface area contributed by atoms with Crippen molar-refractivity contribution in [3.63, 3.8) is 0 Å². The molecule has 0 bridgehead atoms. The third kappa shape index (κ3) is 7.49. The highest BCUT2D eigenvalue weighted by atomic mass is 35.5. The smallest absolute Gasteiger partial charge is 0.271 e. The molecule has 4 aromatic rings. The summed E-state index contributed by atoms with van der Waals surface area (Å²) >= 11 is 12.1. The molecule has 8 heteroatoms. The summed E-state index contributed by atoms with van der Waals surface area (Å²) < 4.78 is 17.0. The number of hydrogen-bond acceptors (Lipinski definition) is 5. The molecule has 0 heterocycles. The SMILES string of the molecule is COc1cccc(COc2ccccc2/C=N/NC(=O)c2ccc(OCc3ccc(Cl)cc3Cl)cc2)c1. The number of methoxy groups -OCH3 is 1. The number of halogens is 2. The molecular formula is C29H24Cl2N2O4. The van der Waals surface area contributed by atoms with Crippen LogP contribution in [0.5, 0.6) is 17.2 Å². The van der Waals surface area contributed by atoms with Crippen LogP contribution in [0.25, 0.3) is 0 Å². The van der Waals surface area contributed by atoms with Gasteiger partial charge in [0, 0.05) is 26.7 Å². The molecular weight excluding hydrogens is 511 g/mol. The predicted molar refractivity (Wildman–Crippen MR) is 146 cm³/mol. The van der Waals surface area contributed by atoms with Gasteiger partial charge in [0.05, 0.1) is 13.3 Å². The van der Waals surface area contributed by atoms with Gasteiger partial charge in [0.25, 0.3) is 5.91 Å². The van der Waals surface area contributed by atoms with Crippen LogP contribution in [0.1, 0.15) is 27.0 Å². The average Bonchev–Trinajstić information content (AvgIpc) is 2.92. The maximum atomic E-state index is 12.5. The molecule has 37 heavy (non-hydrogen) atoms. The number of para-hydroxylation sites is 1. The number of benzene rings is 4. The van der Waals surface area contributed by atoms with E-state index >= 15 is 0 Å². The standard InChI is InChI=1S/C29H24Cl2N2O4/c1-35-26-7-4-5-20(15-26)18-37-28-8-3-2-6-22(28)17-32-33-29(34)21-10-13-25(14-11-21)36-19-23-9-12-24(30)16-27(23)31/h2-17H,18-19H2,1H3,(H,33,34)/b32-17+. The Morgan fingerprint density at radius 1 is 0.865 bits per heavy atom. The quantitative estimate of drug-likeness (QED) is 0.177. The summed E-state index contributed by atoms with van der Waals surface area (Å²) in [6.07, 6.45) is 1.55. The van der Waals surface area contributed by atoms with Crippen LogP contribution in [0, 0.1) is 0 Å². The Labute approximate surface area is 225 Å². The number of hydrogen-bond donors (Lipinski definition) is 1. The molecule has 0 saturated heterocycles. The zero-order valence-corrected chi connectivity index (χ0v) is 21.5. The van der Waals surface area contributed by atoms with E-state index in [1.165, 1.54) is 0 Å². The fourth-order valence-corrected chi connectivity index (χ4v) is 3.83. The van der Waals surface area contributed by atoms with Crippen LogP contribution in [0.4, 0.5) is 0 Å². The van der Waals surface area contributed by atoms with E-state index in [1.54, 1.807) is 49.7 Å². The second-order valence-electron chi connectivity index (χ2n) is 7.93. The molecule has 0 radical (unpaired) electrons. The van der Waals surface area contributed by atoms with Gasteiger partial charge in [-0.1, -0.05) is 53.5 Å². The summed E-state index contributed by atoms with van der Waals surface area (Å²) in [4.78, 5) is 12.5. The van der Waals surface area contributed by atoms with Crippen molar-refractivity contribution in [3.8, 4) is 17.2 Å². The summed E-state index contributed by atoms with van der Waals surface area (Å²) in [5, 5.41) is 5.20. The summed E-state index contributed by atoms with van der Waals surface area (Å²) in [5.41, 5.74) is 5.50. The Kier molecular flexibility index (Phi) is 9.03. The van der Waals surface area contributed by atoms with Crippen molar-refractivity contribution in [2.24, 2.45) is 5.10 Å². The second kappa shape index (κ2) is 12.8. The molecule has 0 spiro atoms. The summed E-state index contributed by atoms with van der Waals surface area (Å²) in [7, 11) is 1.63. The van der Waals surface area contributed by atoms with Gasteiger partial charge in [-0.05, 0) is 66.2 Å². The molecule has 1 amide bonds. The predicted octanol–water partition coefficient (Wildman–Crippen LogP) is 6.92. The molecule has 0 fully saturated rings. The molecule has 4 aromatic carbocycles. The fourth-order valence-electron chi connectivity index (χ4n) is 3.37. The minimum atomic E-state index is -0.349. The van der Waals surface area contributed by atoms with Crippen molar-refractivity contribution in [1.82, 2.24) is 5.43 Å². The van der Waals surface area contributed by atoms with Gasteiger partial charge in [-0.2, -0.15) is 5.10 Å². The zero-order chi connectivity index (χ0) is 26.0. The average molecular weight is 535 g/mol. The summed E-state index contributed by atoms with van der Waals surface area (Å²) in [6.45, 7) is 0.651. The number of nitrogens with zero attached hydrogens (tertiary/aromatic N) is 1. The highest BCUT2D eigenvalue weighted by Gasteiger charge is 2.07. The molecule has 0 aliphatic rings. The first-order valence-electron chi connectivity index (χ1n) is 11.4. The number of ether oxygens (including phenoxy) is 3. The van der Waals surface area contributed by atoms with Crippen LogP contribution in [-0.4, -0.2) is 19.2 Å². The maximum Gasteiger partial charge on any atom is 0.271 e. The van der Waals surface area contributed by atoms with Gasteiger partial charge in [0.2, 0.25) is 0 Å². The number of carbonyl (C=O) groups is 1. The largest absolute Gasteiger partial charge is 0.497 e. The van der Waals surface area contributed by atoms with E-state index in [4.69, 9.17) is 37.4 Å². The minimum Gasteiger partial charge on any atom is -0.497 e. The molecule has 0 saturated carbocycles. The monoisotopic (exact) mass is 534 g/mol. The van der Waals surface area contributed by atoms with Crippen LogP contribution in [0.2, 0.25) is 10.0 Å². The molecule has 0 atom stereocenters. The van der Waals surface area contributed by atoms with Gasteiger partial charge in [0.15, 0.2) is 0 Å². The van der Waals surface area contributed by atoms with E-state index in [0.29, 0.717) is 33.7 Å². The van der Waals surface area contributed by atoms with Gasteiger partial charge in [-0.25, -0.2) is 5.43 Å². The van der Waals surface area contributed by atoms with Gasteiger partial charge in [0.1, 0.15) is 30.5 Å². The van der Waals surface area contributed by atoms with Crippen molar-refractivity contribution in [1.29, 1.82) is 0 Å². The molecule has 0 aliphatic heterocycles. The van der Waals surface area contributed by atoms with Crippen molar-refractivity contribution in [3.05, 3.63) is 123 Å². The number of nitrogens with one attached hydrogen (secondary N) is 1. The maximum absolute atomic E-state index is 12.5. The van der Waals surface area contributed by atoms with Crippen molar-refractivity contribution in [2.75, 3.05) is 7.11 Å². The minimum absolute atomic E-state index is 0.283. The topological polar surface area (TPSA) is 69.2 Å². The first-order valence-corrected chi connectivity index (χ1v) is 12.1. The lowest BCUT2D eigenvalue weighted by Crippen LogP contribution is -2.17. The van der Waals surface area contributed by atoms with Crippen molar-refractivity contribution < 1.29 is 19.0 Å². The van der Waals surface area contributed by atoms with E-state index < -0.39 is 0 Å². The van der Waals surface area contributed by atoms with Crippen LogP contribution in [0.3, 0.4) is 0 Å². The van der Waals surface area contributed by atoms with Gasteiger partial charge >= 0.3 is 0 Å². The number of carbonyl (C=O) groups excluding carboxylic acids is 1. The molecule has 0 unspecified atom stereocenters. The third-order valence-corrected chi connectivity index (χ3v) is 5.93. The van der Waals surface area contributed by atoms with E-state index in [-0.39, 0.29) is 12.5 Å². The van der Waals surface area contributed by atoms with Gasteiger partial charge in [-0.3, -0.25) is 4.79 Å². The molecule has 0 aliphatic carbocycles. The number of rotatable bonds is 10. The van der Waals surface area contributed by atoms with Crippen LogP contribution in [0.15, 0.2) is 96.1 Å². The lowest BCUT2D eigenvalue weighted by atomic mass is 10.2. The van der Waals surface area contributed by atoms with Crippen LogP contribution >= 0.6 is 23.2 Å². The molecule has 4 rings (SSSR count). The Morgan fingerprint density at radius 2 is 1.68 bits per heavy atom. The fraction of sp³-hybridized carbons (Fsp3) is 0.103. The molecule has 188 valence electrons. The molecule has 1 N–H and O–H groups in total. The Bertz CT molecular complexity index is 1390. The van der Waals surface area contributed by atoms with Crippen LogP contribution in [-0.2, 0) is 13.2 Å².